The molecule has 2 heterocycles. The Morgan fingerprint density at radius 3 is 2.59 bits per heavy atom. The quantitative estimate of drug-likeness (QED) is 0.718. The van der Waals surface area contributed by atoms with E-state index < -0.39 is 0 Å². The number of nitrogens with zero attached hydrogens (tertiary/aromatic N) is 4. The number of halogens is 1. The summed E-state index contributed by atoms with van der Waals surface area (Å²) in [4.78, 5) is 32.4. The van der Waals surface area contributed by atoms with Crippen molar-refractivity contribution in [1.29, 1.82) is 0 Å². The minimum atomic E-state index is -0.329. The van der Waals surface area contributed by atoms with Crippen molar-refractivity contribution >= 4 is 11.8 Å². The van der Waals surface area contributed by atoms with Gasteiger partial charge in [0, 0.05) is 51.1 Å². The fourth-order valence-corrected chi connectivity index (χ4v) is 3.12. The molecule has 156 valence electrons. The summed E-state index contributed by atoms with van der Waals surface area (Å²) in [7, 11) is 0. The minimum absolute atomic E-state index is 0.0278. The first kappa shape index (κ1) is 20.9. The van der Waals surface area contributed by atoms with Gasteiger partial charge in [0.15, 0.2) is 0 Å². The summed E-state index contributed by atoms with van der Waals surface area (Å²) in [5, 5.41) is 6.75. The second-order valence-corrected chi connectivity index (χ2v) is 7.03. The Labute approximate surface area is 169 Å². The fraction of sp³-hybridized carbons (Fsp3) is 0.500. The fourth-order valence-electron chi connectivity index (χ4n) is 3.12. The van der Waals surface area contributed by atoms with Crippen LogP contribution in [0.15, 0.2) is 28.8 Å². The molecule has 1 N–H and O–H groups in total. The van der Waals surface area contributed by atoms with E-state index in [0.717, 1.165) is 6.42 Å². The molecular weight excluding hydrogens is 377 g/mol. The second kappa shape index (κ2) is 10.1. The number of carbonyl (C=O) groups excluding carboxylic acids is 2. The summed E-state index contributed by atoms with van der Waals surface area (Å²) >= 11 is 0. The monoisotopic (exact) mass is 403 g/mol. The van der Waals surface area contributed by atoms with Crippen LogP contribution in [-0.2, 0) is 16.0 Å². The third-order valence-electron chi connectivity index (χ3n) is 4.79. The second-order valence-electron chi connectivity index (χ2n) is 7.03. The van der Waals surface area contributed by atoms with E-state index in [-0.39, 0.29) is 24.1 Å². The normalized spacial score (nSPS) is 14.8. The van der Waals surface area contributed by atoms with Crippen LogP contribution in [0.5, 0.6) is 0 Å². The lowest BCUT2D eigenvalue weighted by molar-refractivity contribution is -0.133. The Kier molecular flexibility index (Phi) is 7.29. The smallest absolute Gasteiger partial charge is 0.234 e. The molecule has 1 saturated heterocycles. The molecule has 2 aromatic rings. The zero-order chi connectivity index (χ0) is 20.6. The maximum absolute atomic E-state index is 13.0. The van der Waals surface area contributed by atoms with Crippen LogP contribution in [0.3, 0.4) is 0 Å². The van der Waals surface area contributed by atoms with Crippen LogP contribution < -0.4 is 5.32 Å². The van der Waals surface area contributed by atoms with Gasteiger partial charge in [-0.25, -0.2) is 4.39 Å². The van der Waals surface area contributed by atoms with Crippen molar-refractivity contribution in [3.63, 3.8) is 0 Å². The lowest BCUT2D eigenvalue weighted by Gasteiger charge is -2.34. The Morgan fingerprint density at radius 2 is 1.90 bits per heavy atom. The molecule has 1 aliphatic rings. The van der Waals surface area contributed by atoms with Crippen molar-refractivity contribution in [1.82, 2.24) is 25.3 Å². The molecule has 1 aromatic carbocycles. The number of benzene rings is 1. The largest absolute Gasteiger partial charge is 0.355 e. The van der Waals surface area contributed by atoms with Crippen LogP contribution in [0, 0.1) is 5.82 Å². The maximum Gasteiger partial charge on any atom is 0.234 e. The predicted octanol–water partition coefficient (Wildman–Crippen LogP) is 1.48. The molecule has 0 spiro atoms. The molecule has 3 rings (SSSR count). The van der Waals surface area contributed by atoms with E-state index in [1.165, 1.54) is 12.1 Å². The van der Waals surface area contributed by atoms with Gasteiger partial charge in [0.1, 0.15) is 5.82 Å². The SMILES string of the molecule is CCCNC(=O)CN1CCN(C(=O)CCc2nc(-c3ccc(F)cc3)no2)CC1. The molecule has 1 aromatic heterocycles. The summed E-state index contributed by atoms with van der Waals surface area (Å²) < 4.78 is 18.2. The minimum Gasteiger partial charge on any atom is -0.355 e. The molecule has 0 aliphatic carbocycles. The summed E-state index contributed by atoms with van der Waals surface area (Å²) in [5.41, 5.74) is 0.659. The zero-order valence-electron chi connectivity index (χ0n) is 16.6. The van der Waals surface area contributed by atoms with E-state index in [4.69, 9.17) is 4.52 Å². The molecule has 0 unspecified atom stereocenters. The van der Waals surface area contributed by atoms with Crippen molar-refractivity contribution in [3.05, 3.63) is 36.0 Å². The van der Waals surface area contributed by atoms with Gasteiger partial charge in [-0.1, -0.05) is 12.1 Å². The molecule has 0 saturated carbocycles. The number of carbonyl (C=O) groups is 2. The first-order valence-electron chi connectivity index (χ1n) is 9.90. The van der Waals surface area contributed by atoms with Crippen LogP contribution >= 0.6 is 0 Å². The van der Waals surface area contributed by atoms with Gasteiger partial charge in [-0.05, 0) is 30.7 Å². The first-order chi connectivity index (χ1) is 14.0. The first-order valence-corrected chi connectivity index (χ1v) is 9.90. The van der Waals surface area contributed by atoms with E-state index >= 15 is 0 Å². The van der Waals surface area contributed by atoms with Gasteiger partial charge >= 0.3 is 0 Å². The van der Waals surface area contributed by atoms with Crippen molar-refractivity contribution in [2.24, 2.45) is 0 Å². The van der Waals surface area contributed by atoms with Crippen molar-refractivity contribution in [2.45, 2.75) is 26.2 Å². The lowest BCUT2D eigenvalue weighted by Crippen LogP contribution is -2.51. The molecular formula is C20H26FN5O3. The maximum atomic E-state index is 13.0. The zero-order valence-corrected chi connectivity index (χ0v) is 16.6. The molecule has 2 amide bonds. The highest BCUT2D eigenvalue weighted by Gasteiger charge is 2.22. The predicted molar refractivity (Wildman–Crippen MR) is 104 cm³/mol. The van der Waals surface area contributed by atoms with Gasteiger partial charge in [-0.15, -0.1) is 0 Å². The summed E-state index contributed by atoms with van der Waals surface area (Å²) in [6.07, 6.45) is 1.55. The number of hydrogen-bond donors (Lipinski definition) is 1. The van der Waals surface area contributed by atoms with E-state index in [2.05, 4.69) is 20.4 Å². The molecule has 0 bridgehead atoms. The standard InChI is InChI=1S/C20H26FN5O3/c1-2-9-22-17(27)14-25-10-12-26(13-11-25)19(28)8-7-18-23-20(24-29-18)15-3-5-16(21)6-4-15/h3-6H,2,7-14H2,1H3,(H,22,27). The van der Waals surface area contributed by atoms with E-state index in [1.54, 1.807) is 17.0 Å². The molecule has 0 radical (unpaired) electrons. The number of hydrogen-bond acceptors (Lipinski definition) is 6. The summed E-state index contributed by atoms with van der Waals surface area (Å²) in [5.74, 6) is 0.484. The third kappa shape index (κ3) is 6.08. The van der Waals surface area contributed by atoms with Gasteiger partial charge in [-0.2, -0.15) is 4.98 Å². The van der Waals surface area contributed by atoms with Crippen molar-refractivity contribution in [3.8, 4) is 11.4 Å². The summed E-state index contributed by atoms with van der Waals surface area (Å²) in [6.45, 7) is 5.64. The van der Waals surface area contributed by atoms with Crippen LogP contribution in [0.2, 0.25) is 0 Å². The lowest BCUT2D eigenvalue weighted by atomic mass is 10.2. The third-order valence-corrected chi connectivity index (χ3v) is 4.79. The van der Waals surface area contributed by atoms with E-state index in [1.807, 2.05) is 6.92 Å². The van der Waals surface area contributed by atoms with Gasteiger partial charge in [0.2, 0.25) is 23.5 Å². The van der Waals surface area contributed by atoms with Gasteiger partial charge in [0.05, 0.1) is 6.54 Å². The van der Waals surface area contributed by atoms with Crippen molar-refractivity contribution < 1.29 is 18.5 Å². The van der Waals surface area contributed by atoms with Gasteiger partial charge in [-0.3, -0.25) is 14.5 Å². The Balaban J connectivity index is 1.41. The number of rotatable bonds is 8. The van der Waals surface area contributed by atoms with Crippen LogP contribution in [0.1, 0.15) is 25.7 Å². The molecule has 1 fully saturated rings. The van der Waals surface area contributed by atoms with E-state index in [9.17, 15) is 14.0 Å². The topological polar surface area (TPSA) is 91.6 Å². The highest BCUT2D eigenvalue weighted by Crippen LogP contribution is 2.17. The van der Waals surface area contributed by atoms with Gasteiger partial charge in [0.25, 0.3) is 0 Å². The van der Waals surface area contributed by atoms with Crippen LogP contribution in [-0.4, -0.2) is 71.0 Å². The number of piperazine rings is 1. The molecule has 8 nitrogen and oxygen atoms in total. The van der Waals surface area contributed by atoms with E-state index in [0.29, 0.717) is 63.0 Å². The van der Waals surface area contributed by atoms with Crippen LogP contribution in [0.4, 0.5) is 4.39 Å². The highest BCUT2D eigenvalue weighted by atomic mass is 19.1. The molecule has 29 heavy (non-hydrogen) atoms. The Morgan fingerprint density at radius 1 is 1.17 bits per heavy atom. The Bertz CT molecular complexity index is 816. The average Bonchev–Trinajstić information content (AvgIpc) is 3.20. The van der Waals surface area contributed by atoms with Gasteiger partial charge < -0.3 is 14.7 Å². The Hall–Kier alpha value is -2.81. The van der Waals surface area contributed by atoms with Crippen molar-refractivity contribution in [2.75, 3.05) is 39.3 Å². The average molecular weight is 403 g/mol. The molecule has 0 atom stereocenters. The molecule has 1 aliphatic heterocycles. The number of aryl methyl sites for hydroxylation is 1. The number of amides is 2. The summed E-state index contributed by atoms with van der Waals surface area (Å²) in [6, 6.07) is 5.83. The number of aromatic nitrogens is 2. The molecule has 9 heteroatoms. The van der Waals surface area contributed by atoms with Crippen LogP contribution in [0.25, 0.3) is 11.4 Å². The number of nitrogens with one attached hydrogen (secondary N) is 1. The highest BCUT2D eigenvalue weighted by molar-refractivity contribution is 5.78.